The highest BCUT2D eigenvalue weighted by molar-refractivity contribution is 5.88. The highest BCUT2D eigenvalue weighted by atomic mass is 16.6. The fourth-order valence-corrected chi connectivity index (χ4v) is 2.45. The van der Waals surface area contributed by atoms with E-state index in [9.17, 15) is 20.2 Å². The maximum absolute atomic E-state index is 11.1. The lowest BCUT2D eigenvalue weighted by molar-refractivity contribution is -0.393. The molecule has 0 fully saturated rings. The molecule has 1 aromatic carbocycles. The van der Waals surface area contributed by atoms with Crippen LogP contribution in [0.2, 0.25) is 0 Å². The van der Waals surface area contributed by atoms with Crippen LogP contribution in [0.25, 0.3) is 0 Å². The van der Waals surface area contributed by atoms with Gasteiger partial charge in [-0.05, 0) is 32.3 Å². The predicted octanol–water partition coefficient (Wildman–Crippen LogP) is 4.04. The Morgan fingerprint density at radius 2 is 2.00 bits per heavy atom. The summed E-state index contributed by atoms with van der Waals surface area (Å²) in [5, 5.41) is 26.1. The van der Waals surface area contributed by atoms with Crippen molar-refractivity contribution in [3.63, 3.8) is 0 Å². The lowest BCUT2D eigenvalue weighted by Crippen LogP contribution is -2.27. The summed E-state index contributed by atoms with van der Waals surface area (Å²) in [6.07, 6.45) is 7.04. The lowest BCUT2D eigenvalue weighted by Gasteiger charge is -2.30. The van der Waals surface area contributed by atoms with Crippen molar-refractivity contribution in [1.29, 1.82) is 0 Å². The topological polar surface area (TPSA) is 111 Å². The van der Waals surface area contributed by atoms with E-state index in [0.29, 0.717) is 0 Å². The van der Waals surface area contributed by atoms with Crippen molar-refractivity contribution >= 4 is 22.8 Å². The molecule has 1 unspecified atom stereocenters. The number of hydrogen-bond acceptors (Lipinski definition) is 6. The fraction of sp³-hybridized carbons (Fsp3) is 0.400. The first kappa shape index (κ1) is 16.6. The van der Waals surface area contributed by atoms with Crippen LogP contribution in [0.3, 0.4) is 0 Å². The number of anilines is 1. The number of benzene rings is 1. The molecule has 2 rings (SSSR count). The van der Waals surface area contributed by atoms with E-state index in [2.05, 4.69) is 29.6 Å². The monoisotopic (exact) mass is 318 g/mol. The van der Waals surface area contributed by atoms with Gasteiger partial charge in [0.1, 0.15) is 5.69 Å². The van der Waals surface area contributed by atoms with E-state index in [1.54, 1.807) is 0 Å². The van der Waals surface area contributed by atoms with E-state index in [-0.39, 0.29) is 22.5 Å². The van der Waals surface area contributed by atoms with Crippen LogP contribution in [-0.4, -0.2) is 15.6 Å². The van der Waals surface area contributed by atoms with Crippen molar-refractivity contribution in [2.24, 2.45) is 10.5 Å². The smallest absolute Gasteiger partial charge is 0.272 e. The minimum Gasteiger partial charge on any atom is -0.272 e. The van der Waals surface area contributed by atoms with Gasteiger partial charge in [-0.2, -0.15) is 5.10 Å². The molecular formula is C15H18N4O4. The quantitative estimate of drug-likeness (QED) is 0.381. The summed E-state index contributed by atoms with van der Waals surface area (Å²) in [7, 11) is 0. The van der Waals surface area contributed by atoms with E-state index >= 15 is 0 Å². The zero-order valence-electron chi connectivity index (χ0n) is 13.0. The Bertz CT molecular complexity index is 699. The van der Waals surface area contributed by atoms with Crippen LogP contribution in [0, 0.1) is 25.6 Å². The molecule has 0 saturated heterocycles. The molecule has 122 valence electrons. The molecule has 1 aliphatic carbocycles. The van der Waals surface area contributed by atoms with Gasteiger partial charge in [0.05, 0.1) is 15.9 Å². The highest BCUT2D eigenvalue weighted by Crippen LogP contribution is 2.34. The van der Waals surface area contributed by atoms with Gasteiger partial charge in [0.15, 0.2) is 0 Å². The third-order valence-electron chi connectivity index (χ3n) is 4.20. The van der Waals surface area contributed by atoms with Gasteiger partial charge < -0.3 is 0 Å². The summed E-state index contributed by atoms with van der Waals surface area (Å²) >= 11 is 0. The van der Waals surface area contributed by atoms with Crippen molar-refractivity contribution in [2.45, 2.75) is 33.1 Å². The first-order valence-electron chi connectivity index (χ1n) is 7.22. The largest absolute Gasteiger partial charge is 0.301 e. The molecule has 0 bridgehead atoms. The van der Waals surface area contributed by atoms with Gasteiger partial charge in [-0.15, -0.1) is 0 Å². The molecule has 1 aliphatic rings. The number of nitrogens with zero attached hydrogens (tertiary/aromatic N) is 3. The van der Waals surface area contributed by atoms with E-state index in [1.807, 2.05) is 6.92 Å². The number of hydrogen-bond donors (Lipinski definition) is 1. The van der Waals surface area contributed by atoms with Crippen LogP contribution < -0.4 is 5.43 Å². The van der Waals surface area contributed by atoms with Gasteiger partial charge in [0.2, 0.25) is 0 Å². The van der Waals surface area contributed by atoms with Crippen LogP contribution >= 0.6 is 0 Å². The van der Waals surface area contributed by atoms with Crippen LogP contribution in [0.1, 0.15) is 33.1 Å². The molecule has 0 saturated carbocycles. The Morgan fingerprint density at radius 3 is 2.57 bits per heavy atom. The number of non-ortho nitro benzene ring substituents is 1. The SMILES string of the molecule is CC(=NNc1ccc([N+](=O)[O-])cc1[N+](=O)[O-])C1(C)CC=CCC1. The van der Waals surface area contributed by atoms with Crippen molar-refractivity contribution in [3.8, 4) is 0 Å². The molecule has 0 aliphatic heterocycles. The lowest BCUT2D eigenvalue weighted by atomic mass is 9.75. The Kier molecular flexibility index (Phi) is 4.73. The predicted molar refractivity (Wildman–Crippen MR) is 87.6 cm³/mol. The van der Waals surface area contributed by atoms with Gasteiger partial charge in [-0.1, -0.05) is 19.1 Å². The zero-order valence-corrected chi connectivity index (χ0v) is 13.0. The third kappa shape index (κ3) is 3.71. The summed E-state index contributed by atoms with van der Waals surface area (Å²) in [5.41, 5.74) is 2.88. The summed E-state index contributed by atoms with van der Waals surface area (Å²) in [6.45, 7) is 3.98. The van der Waals surface area contributed by atoms with Gasteiger partial charge >= 0.3 is 5.69 Å². The van der Waals surface area contributed by atoms with Crippen LogP contribution in [0.4, 0.5) is 17.1 Å². The van der Waals surface area contributed by atoms with Crippen molar-refractivity contribution < 1.29 is 9.85 Å². The van der Waals surface area contributed by atoms with E-state index in [4.69, 9.17) is 0 Å². The first-order chi connectivity index (χ1) is 10.8. The van der Waals surface area contributed by atoms with Crippen molar-refractivity contribution in [1.82, 2.24) is 0 Å². The zero-order chi connectivity index (χ0) is 17.0. The maximum Gasteiger partial charge on any atom is 0.301 e. The molecule has 1 N–H and O–H groups in total. The number of allylic oxidation sites excluding steroid dienone is 2. The average molecular weight is 318 g/mol. The molecule has 1 aromatic rings. The second-order valence-corrected chi connectivity index (χ2v) is 5.80. The Hall–Kier alpha value is -2.77. The molecular weight excluding hydrogens is 300 g/mol. The summed E-state index contributed by atoms with van der Waals surface area (Å²) in [5.74, 6) is 0. The van der Waals surface area contributed by atoms with Gasteiger partial charge in [-0.3, -0.25) is 25.7 Å². The molecule has 23 heavy (non-hydrogen) atoms. The van der Waals surface area contributed by atoms with Crippen LogP contribution in [0.5, 0.6) is 0 Å². The normalized spacial score (nSPS) is 21.0. The molecule has 0 spiro atoms. The molecule has 0 heterocycles. The van der Waals surface area contributed by atoms with Gasteiger partial charge in [0.25, 0.3) is 5.69 Å². The van der Waals surface area contributed by atoms with Crippen molar-refractivity contribution in [3.05, 3.63) is 50.6 Å². The van der Waals surface area contributed by atoms with E-state index in [1.165, 1.54) is 12.1 Å². The Labute approximate surface area is 133 Å². The molecule has 8 nitrogen and oxygen atoms in total. The Morgan fingerprint density at radius 1 is 1.26 bits per heavy atom. The third-order valence-corrected chi connectivity index (χ3v) is 4.20. The molecule has 0 aromatic heterocycles. The second kappa shape index (κ2) is 6.55. The molecule has 8 heteroatoms. The maximum atomic E-state index is 11.1. The number of nitrogens with one attached hydrogen (secondary N) is 1. The highest BCUT2D eigenvalue weighted by Gasteiger charge is 2.28. The summed E-state index contributed by atoms with van der Waals surface area (Å²) in [4.78, 5) is 20.5. The van der Waals surface area contributed by atoms with Crippen LogP contribution in [0.15, 0.2) is 35.5 Å². The number of nitro benzene ring substituents is 2. The average Bonchev–Trinajstić information content (AvgIpc) is 2.52. The van der Waals surface area contributed by atoms with E-state index < -0.39 is 9.85 Å². The summed E-state index contributed by atoms with van der Waals surface area (Å²) in [6, 6.07) is 3.44. The number of hydrazone groups is 1. The van der Waals surface area contributed by atoms with Crippen molar-refractivity contribution in [2.75, 3.05) is 5.43 Å². The number of nitro groups is 2. The Balaban J connectivity index is 2.25. The van der Waals surface area contributed by atoms with E-state index in [0.717, 1.165) is 31.0 Å². The minimum atomic E-state index is -0.666. The number of rotatable bonds is 5. The molecule has 1 atom stereocenters. The summed E-state index contributed by atoms with van der Waals surface area (Å²) < 4.78 is 0. The minimum absolute atomic E-state index is 0.0860. The first-order valence-corrected chi connectivity index (χ1v) is 7.22. The molecule has 0 radical (unpaired) electrons. The van der Waals surface area contributed by atoms with Crippen LogP contribution in [-0.2, 0) is 0 Å². The van der Waals surface area contributed by atoms with Gasteiger partial charge in [0, 0.05) is 17.2 Å². The van der Waals surface area contributed by atoms with Gasteiger partial charge in [-0.25, -0.2) is 0 Å². The molecule has 0 amide bonds. The second-order valence-electron chi connectivity index (χ2n) is 5.80. The standard InChI is InChI=1S/C15H18N4O4/c1-11(15(2)8-4-3-5-9-15)16-17-13-7-6-12(18(20)21)10-14(13)19(22)23/h3-4,6-7,10,17H,5,8-9H2,1-2H3. The fourth-order valence-electron chi connectivity index (χ4n) is 2.45.